The van der Waals surface area contributed by atoms with Crippen LogP contribution in [0.15, 0.2) is 18.3 Å². The molecule has 1 aromatic heterocycles. The van der Waals surface area contributed by atoms with Gasteiger partial charge in [0.2, 0.25) is 0 Å². The Morgan fingerprint density at radius 2 is 2.38 bits per heavy atom. The predicted octanol–water partition coefficient (Wildman–Crippen LogP) is 1.69. The van der Waals surface area contributed by atoms with E-state index in [2.05, 4.69) is 9.88 Å². The largest absolute Gasteiger partial charge is 0.481 e. The van der Waals surface area contributed by atoms with Crippen molar-refractivity contribution in [2.24, 2.45) is 5.92 Å². The number of piperidine rings is 1. The first kappa shape index (κ1) is 10.9. The number of anilines is 1. The van der Waals surface area contributed by atoms with Gasteiger partial charge in [-0.15, -0.1) is 0 Å². The molecular weight excluding hydrogens is 204 g/mol. The Bertz CT molecular complexity index is 375. The average molecular weight is 220 g/mol. The highest BCUT2D eigenvalue weighted by atomic mass is 16.4. The van der Waals surface area contributed by atoms with Crippen molar-refractivity contribution in [2.75, 3.05) is 18.0 Å². The fourth-order valence-corrected chi connectivity index (χ4v) is 2.03. The average Bonchev–Trinajstić information content (AvgIpc) is 2.30. The van der Waals surface area contributed by atoms with E-state index in [-0.39, 0.29) is 5.92 Å². The van der Waals surface area contributed by atoms with Crippen LogP contribution in [0.5, 0.6) is 0 Å². The monoisotopic (exact) mass is 220 g/mol. The topological polar surface area (TPSA) is 53.4 Å². The highest BCUT2D eigenvalue weighted by molar-refractivity contribution is 5.71. The van der Waals surface area contributed by atoms with Crippen molar-refractivity contribution in [1.82, 2.24) is 4.98 Å². The van der Waals surface area contributed by atoms with Crippen LogP contribution in [0.25, 0.3) is 0 Å². The lowest BCUT2D eigenvalue weighted by Gasteiger charge is -2.31. The molecule has 0 unspecified atom stereocenters. The fourth-order valence-electron chi connectivity index (χ4n) is 2.03. The number of carbonyl (C=O) groups is 1. The van der Waals surface area contributed by atoms with Crippen LogP contribution in [-0.4, -0.2) is 29.1 Å². The zero-order valence-corrected chi connectivity index (χ0v) is 9.39. The molecule has 1 aromatic rings. The van der Waals surface area contributed by atoms with Crippen molar-refractivity contribution < 1.29 is 9.90 Å². The molecule has 1 aliphatic rings. The number of nitrogens with zero attached hydrogens (tertiary/aromatic N) is 2. The lowest BCUT2D eigenvalue weighted by molar-refractivity contribution is -0.141. The Morgan fingerprint density at radius 3 is 3.00 bits per heavy atom. The molecule has 1 fully saturated rings. The normalized spacial score (nSPS) is 20.8. The number of aryl methyl sites for hydroxylation is 1. The van der Waals surface area contributed by atoms with Gasteiger partial charge in [0.15, 0.2) is 0 Å². The van der Waals surface area contributed by atoms with E-state index >= 15 is 0 Å². The van der Waals surface area contributed by atoms with Crippen molar-refractivity contribution in [2.45, 2.75) is 19.8 Å². The number of hydrogen-bond acceptors (Lipinski definition) is 3. The fraction of sp³-hybridized carbons (Fsp3) is 0.500. The maximum Gasteiger partial charge on any atom is 0.308 e. The van der Waals surface area contributed by atoms with Gasteiger partial charge < -0.3 is 10.0 Å². The van der Waals surface area contributed by atoms with Gasteiger partial charge in [0, 0.05) is 19.3 Å². The van der Waals surface area contributed by atoms with Crippen LogP contribution in [0.3, 0.4) is 0 Å². The molecule has 0 radical (unpaired) electrons. The van der Waals surface area contributed by atoms with E-state index in [1.807, 2.05) is 25.3 Å². The van der Waals surface area contributed by atoms with Crippen LogP contribution in [0.2, 0.25) is 0 Å². The Labute approximate surface area is 94.9 Å². The highest BCUT2D eigenvalue weighted by Gasteiger charge is 2.25. The summed E-state index contributed by atoms with van der Waals surface area (Å²) in [6, 6.07) is 3.96. The lowest BCUT2D eigenvalue weighted by atomic mass is 9.98. The Hall–Kier alpha value is -1.58. The number of aliphatic carboxylic acids is 1. The van der Waals surface area contributed by atoms with Crippen LogP contribution in [-0.2, 0) is 4.79 Å². The van der Waals surface area contributed by atoms with Gasteiger partial charge in [-0.05, 0) is 31.4 Å². The van der Waals surface area contributed by atoms with E-state index in [1.54, 1.807) is 0 Å². The van der Waals surface area contributed by atoms with Gasteiger partial charge in [-0.1, -0.05) is 6.07 Å². The quantitative estimate of drug-likeness (QED) is 0.824. The number of pyridine rings is 1. The summed E-state index contributed by atoms with van der Waals surface area (Å²) in [5.74, 6) is -0.0646. The van der Waals surface area contributed by atoms with E-state index in [0.29, 0.717) is 6.54 Å². The van der Waals surface area contributed by atoms with E-state index in [1.165, 1.54) is 0 Å². The van der Waals surface area contributed by atoms with Gasteiger partial charge in [0.05, 0.1) is 5.92 Å². The molecule has 4 heteroatoms. The van der Waals surface area contributed by atoms with Crippen molar-refractivity contribution >= 4 is 11.8 Å². The number of aromatic nitrogens is 1. The SMILES string of the molecule is Cc1ccc(N2CCC[C@H](C(=O)O)C2)nc1. The molecular formula is C12H16N2O2. The Balaban J connectivity index is 2.09. The van der Waals surface area contributed by atoms with E-state index in [9.17, 15) is 4.79 Å². The minimum atomic E-state index is -0.697. The van der Waals surface area contributed by atoms with Crippen molar-refractivity contribution in [3.05, 3.63) is 23.9 Å². The first-order chi connectivity index (χ1) is 7.66. The third kappa shape index (κ3) is 2.32. The maximum absolute atomic E-state index is 10.9. The molecule has 0 spiro atoms. The lowest BCUT2D eigenvalue weighted by Crippen LogP contribution is -2.39. The third-order valence-corrected chi connectivity index (χ3v) is 2.99. The predicted molar refractivity (Wildman–Crippen MR) is 61.5 cm³/mol. The number of carboxylic acids is 1. The number of rotatable bonds is 2. The second-order valence-electron chi connectivity index (χ2n) is 4.32. The summed E-state index contributed by atoms with van der Waals surface area (Å²) < 4.78 is 0. The first-order valence-electron chi connectivity index (χ1n) is 5.57. The smallest absolute Gasteiger partial charge is 0.308 e. The molecule has 0 aromatic carbocycles. The molecule has 0 aliphatic carbocycles. The zero-order valence-electron chi connectivity index (χ0n) is 9.39. The third-order valence-electron chi connectivity index (χ3n) is 2.99. The summed E-state index contributed by atoms with van der Waals surface area (Å²) >= 11 is 0. The van der Waals surface area contributed by atoms with Gasteiger partial charge in [0.25, 0.3) is 0 Å². The second-order valence-corrected chi connectivity index (χ2v) is 4.32. The standard InChI is InChI=1S/C12H16N2O2/c1-9-4-5-11(13-7-9)14-6-2-3-10(8-14)12(15)16/h4-5,7,10H,2-3,6,8H2,1H3,(H,15,16)/t10-/m0/s1. The summed E-state index contributed by atoms with van der Waals surface area (Å²) in [5, 5.41) is 9.00. The molecule has 16 heavy (non-hydrogen) atoms. The molecule has 1 N–H and O–H groups in total. The van der Waals surface area contributed by atoms with Crippen molar-refractivity contribution in [1.29, 1.82) is 0 Å². The van der Waals surface area contributed by atoms with Gasteiger partial charge in [0.1, 0.15) is 5.82 Å². The molecule has 0 bridgehead atoms. The summed E-state index contributed by atoms with van der Waals surface area (Å²) in [6.07, 6.45) is 3.52. The van der Waals surface area contributed by atoms with Gasteiger partial charge >= 0.3 is 5.97 Å². The molecule has 1 saturated heterocycles. The van der Waals surface area contributed by atoms with Crippen LogP contribution in [0, 0.1) is 12.8 Å². The van der Waals surface area contributed by atoms with Crippen LogP contribution in [0.1, 0.15) is 18.4 Å². The minimum Gasteiger partial charge on any atom is -0.481 e. The zero-order chi connectivity index (χ0) is 11.5. The van der Waals surface area contributed by atoms with Crippen LogP contribution in [0.4, 0.5) is 5.82 Å². The molecule has 0 saturated carbocycles. The van der Waals surface area contributed by atoms with Crippen LogP contribution >= 0.6 is 0 Å². The van der Waals surface area contributed by atoms with Crippen molar-refractivity contribution in [3.8, 4) is 0 Å². The summed E-state index contributed by atoms with van der Waals surface area (Å²) in [6.45, 7) is 3.47. The van der Waals surface area contributed by atoms with E-state index < -0.39 is 5.97 Å². The van der Waals surface area contributed by atoms with Crippen molar-refractivity contribution in [3.63, 3.8) is 0 Å². The summed E-state index contributed by atoms with van der Waals surface area (Å²) in [5.41, 5.74) is 1.12. The molecule has 1 atom stereocenters. The minimum absolute atomic E-state index is 0.253. The van der Waals surface area contributed by atoms with Crippen LogP contribution < -0.4 is 4.90 Å². The summed E-state index contributed by atoms with van der Waals surface area (Å²) in [4.78, 5) is 17.3. The highest BCUT2D eigenvalue weighted by Crippen LogP contribution is 2.21. The first-order valence-corrected chi connectivity index (χ1v) is 5.57. The Kier molecular flexibility index (Phi) is 3.08. The van der Waals surface area contributed by atoms with E-state index in [0.717, 1.165) is 30.8 Å². The number of carboxylic acid groups (broad SMARTS) is 1. The van der Waals surface area contributed by atoms with E-state index in [4.69, 9.17) is 5.11 Å². The molecule has 2 rings (SSSR count). The molecule has 2 heterocycles. The molecule has 4 nitrogen and oxygen atoms in total. The van der Waals surface area contributed by atoms with Gasteiger partial charge in [-0.25, -0.2) is 4.98 Å². The molecule has 86 valence electrons. The van der Waals surface area contributed by atoms with Gasteiger partial charge in [-0.2, -0.15) is 0 Å². The summed E-state index contributed by atoms with van der Waals surface area (Å²) in [7, 11) is 0. The van der Waals surface area contributed by atoms with Gasteiger partial charge in [-0.3, -0.25) is 4.79 Å². The number of hydrogen-bond donors (Lipinski definition) is 1. The molecule has 1 aliphatic heterocycles. The Morgan fingerprint density at radius 1 is 1.56 bits per heavy atom. The maximum atomic E-state index is 10.9. The molecule has 0 amide bonds. The second kappa shape index (κ2) is 4.51.